The van der Waals surface area contributed by atoms with E-state index in [1.165, 1.54) is 12.7 Å². The van der Waals surface area contributed by atoms with Gasteiger partial charge in [-0.25, -0.2) is 29.5 Å². The smallest absolute Gasteiger partial charge is 0.408 e. The zero-order valence-corrected chi connectivity index (χ0v) is 20.6. The van der Waals surface area contributed by atoms with Gasteiger partial charge in [0.25, 0.3) is 0 Å². The van der Waals surface area contributed by atoms with E-state index in [-0.39, 0.29) is 19.7 Å². The maximum absolute atomic E-state index is 12.0. The Labute approximate surface area is 211 Å². The molecule has 15 heteroatoms. The molecule has 0 radical (unpaired) electrons. The molecule has 0 unspecified atom stereocenters. The van der Waals surface area contributed by atoms with Gasteiger partial charge in [0.2, 0.25) is 0 Å². The zero-order valence-electron chi connectivity index (χ0n) is 20.6. The van der Waals surface area contributed by atoms with Crippen molar-refractivity contribution in [1.29, 1.82) is 0 Å². The second-order valence-corrected chi connectivity index (χ2v) is 9.62. The molecule has 4 heterocycles. The highest BCUT2D eigenvalue weighted by atomic mass is 16.6. The first kappa shape index (κ1) is 26.2. The van der Waals surface area contributed by atoms with E-state index in [2.05, 4.69) is 30.6 Å². The average molecular weight is 519 g/mol. The van der Waals surface area contributed by atoms with E-state index in [0.29, 0.717) is 29.1 Å². The summed E-state index contributed by atoms with van der Waals surface area (Å²) in [5.41, 5.74) is 0.686. The second kappa shape index (κ2) is 10.7. The van der Waals surface area contributed by atoms with Crippen LogP contribution in [0.25, 0.3) is 11.2 Å². The Bertz CT molecular complexity index is 1250. The van der Waals surface area contributed by atoms with Crippen molar-refractivity contribution in [1.82, 2.24) is 34.4 Å². The number of ether oxygens (including phenoxy) is 2. The molecular weight excluding hydrogens is 488 g/mol. The number of imidazole rings is 2. The number of hydrogen-bond donors (Lipinski definition) is 5. The fourth-order valence-electron chi connectivity index (χ4n) is 3.87. The predicted octanol–water partition coefficient (Wildman–Crippen LogP) is 0.254. The Morgan fingerprint density at radius 2 is 2.03 bits per heavy atom. The van der Waals surface area contributed by atoms with Gasteiger partial charge in [-0.2, -0.15) is 0 Å². The molecule has 4 atom stereocenters. The number of nitrogens with zero attached hydrogens (tertiary/aromatic N) is 6. The molecule has 0 spiro atoms. The van der Waals surface area contributed by atoms with Gasteiger partial charge in [-0.1, -0.05) is 0 Å². The van der Waals surface area contributed by atoms with Crippen LogP contribution in [0.1, 0.15) is 39.1 Å². The van der Waals surface area contributed by atoms with E-state index >= 15 is 0 Å². The number of aliphatic hydroxyl groups is 2. The molecule has 3 aromatic heterocycles. The normalized spacial score (nSPS) is 20.6. The molecule has 1 saturated heterocycles. The summed E-state index contributed by atoms with van der Waals surface area (Å²) >= 11 is 0. The van der Waals surface area contributed by atoms with Crippen LogP contribution in [-0.2, 0) is 27.4 Å². The van der Waals surface area contributed by atoms with Crippen molar-refractivity contribution in [2.45, 2.75) is 70.4 Å². The molecule has 1 aliphatic rings. The number of carbonyl (C=O) groups excluding carboxylic acids is 1. The second-order valence-electron chi connectivity index (χ2n) is 9.62. The number of carbonyl (C=O) groups is 2. The van der Waals surface area contributed by atoms with E-state index in [9.17, 15) is 24.9 Å². The van der Waals surface area contributed by atoms with E-state index in [1.807, 2.05) is 0 Å². The van der Waals surface area contributed by atoms with Gasteiger partial charge in [0.1, 0.15) is 30.3 Å². The molecule has 1 fully saturated rings. The summed E-state index contributed by atoms with van der Waals surface area (Å²) in [5, 5.41) is 34.4. The van der Waals surface area contributed by atoms with Crippen molar-refractivity contribution in [3.63, 3.8) is 0 Å². The predicted molar refractivity (Wildman–Crippen MR) is 127 cm³/mol. The fraction of sp³-hybridized carbons (Fsp3) is 0.545. The minimum absolute atomic E-state index is 0.0359. The van der Waals surface area contributed by atoms with Gasteiger partial charge in [-0.3, -0.25) is 4.57 Å². The number of carboxylic acids is 1. The summed E-state index contributed by atoms with van der Waals surface area (Å²) in [6, 6.07) is -1.21. The maximum Gasteiger partial charge on any atom is 0.408 e. The Hall–Kier alpha value is -3.82. The third-order valence-corrected chi connectivity index (χ3v) is 5.57. The molecule has 0 aliphatic carbocycles. The highest BCUT2D eigenvalue weighted by Crippen LogP contribution is 2.31. The third kappa shape index (κ3) is 6.31. The molecule has 15 nitrogen and oxygen atoms in total. The van der Waals surface area contributed by atoms with Crippen LogP contribution < -0.4 is 10.6 Å². The van der Waals surface area contributed by atoms with E-state index in [4.69, 9.17) is 9.47 Å². The molecule has 0 saturated carbocycles. The number of anilines is 1. The summed E-state index contributed by atoms with van der Waals surface area (Å²) in [7, 11) is 0. The number of nitrogens with one attached hydrogen (secondary N) is 2. The molecule has 4 rings (SSSR count). The first-order valence-electron chi connectivity index (χ1n) is 11.6. The fourth-order valence-corrected chi connectivity index (χ4v) is 3.87. The van der Waals surface area contributed by atoms with Gasteiger partial charge >= 0.3 is 12.1 Å². The summed E-state index contributed by atoms with van der Waals surface area (Å²) in [4.78, 5) is 40.7. The summed E-state index contributed by atoms with van der Waals surface area (Å²) < 4.78 is 14.2. The molecule has 37 heavy (non-hydrogen) atoms. The number of aliphatic hydroxyl groups excluding tert-OH is 2. The molecule has 3 aromatic rings. The van der Waals surface area contributed by atoms with Crippen molar-refractivity contribution in [2.75, 3.05) is 11.9 Å². The minimum atomic E-state index is -1.21. The van der Waals surface area contributed by atoms with Crippen molar-refractivity contribution >= 4 is 29.0 Å². The van der Waals surface area contributed by atoms with Crippen LogP contribution in [0.15, 0.2) is 25.2 Å². The first-order chi connectivity index (χ1) is 17.5. The van der Waals surface area contributed by atoms with Crippen molar-refractivity contribution in [2.24, 2.45) is 0 Å². The number of carboxylic acid groups (broad SMARTS) is 1. The number of alkyl carbamates (subject to hydrolysis) is 1. The Morgan fingerprint density at radius 1 is 1.24 bits per heavy atom. The van der Waals surface area contributed by atoms with Crippen LogP contribution in [0.5, 0.6) is 0 Å². The largest absolute Gasteiger partial charge is 0.480 e. The number of aromatic nitrogens is 6. The lowest BCUT2D eigenvalue weighted by atomic mass is 10.1. The summed E-state index contributed by atoms with van der Waals surface area (Å²) in [5.74, 6) is -0.757. The Kier molecular flexibility index (Phi) is 7.56. The van der Waals surface area contributed by atoms with Crippen LogP contribution >= 0.6 is 0 Å². The quantitative estimate of drug-likeness (QED) is 0.259. The standard InChI is InChI=1S/C22H30N8O7/c1-22(2,3)37-21(35)28-13(20(33)34)4-12-6-29(9-25-12)10-27-18-17-19(24-8-23-18)30(11-26-17)16-5-14(32)15(7-31)36-16/h6,8-9,11,13-16,31-32H,4-5,7,10H2,1-3H3,(H,28,35)(H,33,34)(H,23,24,27)/t13-,14-,15+,16+/m0/s1. The van der Waals surface area contributed by atoms with Crippen LogP contribution in [0.4, 0.5) is 10.6 Å². The molecule has 0 bridgehead atoms. The van der Waals surface area contributed by atoms with Crippen molar-refractivity contribution in [3.8, 4) is 0 Å². The lowest BCUT2D eigenvalue weighted by Gasteiger charge is -2.21. The number of hydrogen-bond acceptors (Lipinski definition) is 11. The molecule has 5 N–H and O–H groups in total. The lowest BCUT2D eigenvalue weighted by Crippen LogP contribution is -2.44. The van der Waals surface area contributed by atoms with Gasteiger partial charge in [0.15, 0.2) is 17.0 Å². The zero-order chi connectivity index (χ0) is 26.7. The highest BCUT2D eigenvalue weighted by molar-refractivity contribution is 5.82. The number of aliphatic carboxylic acids is 1. The molecular formula is C22H30N8O7. The summed E-state index contributed by atoms with van der Waals surface area (Å²) in [6.45, 7) is 5.02. The maximum atomic E-state index is 12.0. The number of rotatable bonds is 9. The van der Waals surface area contributed by atoms with Gasteiger partial charge < -0.3 is 40.0 Å². The monoisotopic (exact) mass is 518 g/mol. The third-order valence-electron chi connectivity index (χ3n) is 5.57. The van der Waals surface area contributed by atoms with Crippen molar-refractivity contribution < 1.29 is 34.4 Å². The van der Waals surface area contributed by atoms with E-state index in [1.54, 1.807) is 42.4 Å². The van der Waals surface area contributed by atoms with Gasteiger partial charge in [0, 0.05) is 19.0 Å². The topological polar surface area (TPSA) is 199 Å². The van der Waals surface area contributed by atoms with Crippen LogP contribution in [0.3, 0.4) is 0 Å². The highest BCUT2D eigenvalue weighted by Gasteiger charge is 2.35. The van der Waals surface area contributed by atoms with E-state index in [0.717, 1.165) is 0 Å². The SMILES string of the molecule is CC(C)(C)OC(=O)N[C@@H](Cc1cn(CNc2ncnc3c2ncn3[C@H]2C[C@H](O)[C@@H](CO)O2)cn1)C(=O)O. The van der Waals surface area contributed by atoms with Gasteiger partial charge in [-0.15, -0.1) is 0 Å². The molecule has 1 amide bonds. The Balaban J connectivity index is 1.39. The van der Waals surface area contributed by atoms with Crippen molar-refractivity contribution in [3.05, 3.63) is 30.9 Å². The lowest BCUT2D eigenvalue weighted by molar-refractivity contribution is -0.139. The summed E-state index contributed by atoms with van der Waals surface area (Å²) in [6.07, 6.45) is 3.55. The molecule has 200 valence electrons. The Morgan fingerprint density at radius 3 is 2.70 bits per heavy atom. The molecule has 0 aromatic carbocycles. The van der Waals surface area contributed by atoms with Crippen LogP contribution in [0.2, 0.25) is 0 Å². The van der Waals surface area contributed by atoms with Gasteiger partial charge in [-0.05, 0) is 20.8 Å². The minimum Gasteiger partial charge on any atom is -0.480 e. The van der Waals surface area contributed by atoms with E-state index < -0.39 is 42.1 Å². The number of fused-ring (bicyclic) bond motifs is 1. The van der Waals surface area contributed by atoms with Gasteiger partial charge in [0.05, 0.1) is 37.7 Å². The average Bonchev–Trinajstić information content (AvgIpc) is 3.54. The van der Waals surface area contributed by atoms with Crippen LogP contribution in [-0.4, -0.2) is 86.9 Å². The first-order valence-corrected chi connectivity index (χ1v) is 11.6. The molecule has 1 aliphatic heterocycles. The number of amides is 1. The van der Waals surface area contributed by atoms with Crippen LogP contribution in [0, 0.1) is 0 Å².